The number of guanidine groups is 1. The van der Waals surface area contributed by atoms with E-state index in [0.29, 0.717) is 16.8 Å². The molecule has 0 bridgehead atoms. The average Bonchev–Trinajstić information content (AvgIpc) is 2.71. The van der Waals surface area contributed by atoms with Crippen LogP contribution in [-0.2, 0) is 16.6 Å². The summed E-state index contributed by atoms with van der Waals surface area (Å²) < 4.78 is 26.3. The highest BCUT2D eigenvalue weighted by Crippen LogP contribution is 2.22. The van der Waals surface area contributed by atoms with E-state index in [4.69, 9.17) is 0 Å². The van der Waals surface area contributed by atoms with Crippen molar-refractivity contribution < 1.29 is 8.42 Å². The van der Waals surface area contributed by atoms with Gasteiger partial charge in [0.25, 0.3) is 0 Å². The Morgan fingerprint density at radius 3 is 2.38 bits per heavy atom. The van der Waals surface area contributed by atoms with Gasteiger partial charge in [0.2, 0.25) is 10.0 Å². The first-order valence-electron chi connectivity index (χ1n) is 9.59. The molecule has 2 N–H and O–H groups in total. The van der Waals surface area contributed by atoms with Gasteiger partial charge >= 0.3 is 0 Å². The van der Waals surface area contributed by atoms with Crippen LogP contribution < -0.4 is 10.6 Å². The number of benzene rings is 2. The third-order valence-corrected chi connectivity index (χ3v) is 7.15. The summed E-state index contributed by atoms with van der Waals surface area (Å²) in [5.74, 6) is 0.671. The molecule has 0 saturated heterocycles. The summed E-state index contributed by atoms with van der Waals surface area (Å²) in [4.78, 5) is 6.12. The Hall–Kier alpha value is -2.03. The molecule has 29 heavy (non-hydrogen) atoms. The van der Waals surface area contributed by atoms with Crippen molar-refractivity contribution in [1.82, 2.24) is 14.9 Å². The van der Waals surface area contributed by atoms with Crippen molar-refractivity contribution in [1.29, 1.82) is 0 Å². The standard InChI is InChI=1S/C21H30N4O2S2/c1-5-22-21(23-15-17(2)28-19-12-7-6-8-13-19)24-16-18-11-9-10-14-20(18)29(26,27)25(3)4/h6-14,17H,5,15-16H2,1-4H3,(H2,22,23,24). The topological polar surface area (TPSA) is 73.8 Å². The Bertz CT molecular complexity index is 900. The van der Waals surface area contributed by atoms with Crippen LogP contribution in [0.25, 0.3) is 0 Å². The van der Waals surface area contributed by atoms with Crippen molar-refractivity contribution in [2.45, 2.75) is 35.4 Å². The minimum absolute atomic E-state index is 0.277. The number of sulfonamides is 1. The van der Waals surface area contributed by atoms with E-state index < -0.39 is 10.0 Å². The highest BCUT2D eigenvalue weighted by molar-refractivity contribution is 8.00. The summed E-state index contributed by atoms with van der Waals surface area (Å²) in [7, 11) is -0.439. The Balaban J connectivity index is 2.06. The van der Waals surface area contributed by atoms with Crippen LogP contribution in [0.3, 0.4) is 0 Å². The number of aliphatic imine (C=N–C) groups is 1. The summed E-state index contributed by atoms with van der Waals surface area (Å²) in [5.41, 5.74) is 0.671. The molecular weight excluding hydrogens is 404 g/mol. The second-order valence-corrected chi connectivity index (χ2v) is 10.3. The molecule has 1 atom stereocenters. The van der Waals surface area contributed by atoms with Gasteiger partial charge in [-0.05, 0) is 30.7 Å². The molecule has 0 aliphatic heterocycles. The van der Waals surface area contributed by atoms with Crippen molar-refractivity contribution in [3.8, 4) is 0 Å². The lowest BCUT2D eigenvalue weighted by Gasteiger charge is -2.17. The summed E-state index contributed by atoms with van der Waals surface area (Å²) in [6, 6.07) is 17.3. The molecule has 0 aromatic heterocycles. The molecular formula is C21H30N4O2S2. The first-order valence-corrected chi connectivity index (χ1v) is 11.9. The maximum Gasteiger partial charge on any atom is 0.242 e. The monoisotopic (exact) mass is 434 g/mol. The maximum atomic E-state index is 12.6. The minimum atomic E-state index is -3.51. The Kier molecular flexibility index (Phi) is 9.00. The lowest BCUT2D eigenvalue weighted by Crippen LogP contribution is -2.40. The van der Waals surface area contributed by atoms with E-state index in [1.54, 1.807) is 30.0 Å². The first-order chi connectivity index (χ1) is 13.8. The Morgan fingerprint density at radius 1 is 1.07 bits per heavy atom. The lowest BCUT2D eigenvalue weighted by atomic mass is 10.2. The number of hydrogen-bond donors (Lipinski definition) is 2. The summed E-state index contributed by atoms with van der Waals surface area (Å²) in [6.07, 6.45) is 0. The van der Waals surface area contributed by atoms with Crippen LogP contribution in [0.1, 0.15) is 19.4 Å². The van der Waals surface area contributed by atoms with Crippen LogP contribution in [0.5, 0.6) is 0 Å². The molecule has 0 spiro atoms. The van der Waals surface area contributed by atoms with E-state index in [2.05, 4.69) is 34.7 Å². The van der Waals surface area contributed by atoms with Crippen LogP contribution in [0.2, 0.25) is 0 Å². The van der Waals surface area contributed by atoms with Crippen molar-refractivity contribution in [2.24, 2.45) is 4.99 Å². The summed E-state index contributed by atoms with van der Waals surface area (Å²) in [5, 5.41) is 6.92. The van der Waals surface area contributed by atoms with Crippen molar-refractivity contribution in [3.63, 3.8) is 0 Å². The SMILES string of the molecule is CCNC(=NCc1ccccc1S(=O)(=O)N(C)C)NCC(C)Sc1ccccc1. The van der Waals surface area contributed by atoms with Crippen LogP contribution >= 0.6 is 11.8 Å². The molecule has 2 aromatic rings. The van der Waals surface area contributed by atoms with Gasteiger partial charge in [-0.2, -0.15) is 0 Å². The smallest absolute Gasteiger partial charge is 0.242 e. The van der Waals surface area contributed by atoms with E-state index in [1.807, 2.05) is 31.2 Å². The van der Waals surface area contributed by atoms with E-state index in [1.165, 1.54) is 23.3 Å². The molecule has 1 unspecified atom stereocenters. The quantitative estimate of drug-likeness (QED) is 0.360. The maximum absolute atomic E-state index is 12.6. The van der Waals surface area contributed by atoms with Crippen LogP contribution in [-0.4, -0.2) is 51.1 Å². The fourth-order valence-electron chi connectivity index (χ4n) is 2.60. The zero-order valence-corrected chi connectivity index (χ0v) is 19.1. The number of rotatable bonds is 9. The molecule has 0 saturated carbocycles. The van der Waals surface area contributed by atoms with Gasteiger partial charge in [0.15, 0.2) is 5.96 Å². The molecule has 0 aliphatic carbocycles. The van der Waals surface area contributed by atoms with E-state index in [9.17, 15) is 8.42 Å². The lowest BCUT2D eigenvalue weighted by molar-refractivity contribution is 0.519. The predicted molar refractivity (Wildman–Crippen MR) is 122 cm³/mol. The third kappa shape index (κ3) is 7.06. The van der Waals surface area contributed by atoms with Gasteiger partial charge in [0, 0.05) is 37.3 Å². The van der Waals surface area contributed by atoms with Gasteiger partial charge in [-0.25, -0.2) is 17.7 Å². The molecule has 2 aromatic carbocycles. The average molecular weight is 435 g/mol. The summed E-state index contributed by atoms with van der Waals surface area (Å²) in [6.45, 7) is 5.91. The highest BCUT2D eigenvalue weighted by Gasteiger charge is 2.20. The number of thioether (sulfide) groups is 1. The van der Waals surface area contributed by atoms with Crippen LogP contribution in [0.15, 0.2) is 69.4 Å². The molecule has 0 heterocycles. The molecule has 158 valence electrons. The second-order valence-electron chi connectivity index (χ2n) is 6.71. The molecule has 6 nitrogen and oxygen atoms in total. The van der Waals surface area contributed by atoms with Crippen LogP contribution in [0.4, 0.5) is 0 Å². The van der Waals surface area contributed by atoms with Gasteiger partial charge in [-0.1, -0.05) is 43.3 Å². The normalized spacial score (nSPS) is 13.3. The van der Waals surface area contributed by atoms with Gasteiger partial charge in [0.05, 0.1) is 11.4 Å². The fraction of sp³-hybridized carbons (Fsp3) is 0.381. The van der Waals surface area contributed by atoms with E-state index in [-0.39, 0.29) is 11.4 Å². The zero-order chi connectivity index (χ0) is 21.3. The highest BCUT2D eigenvalue weighted by atomic mass is 32.2. The van der Waals surface area contributed by atoms with Gasteiger partial charge < -0.3 is 10.6 Å². The predicted octanol–water partition coefficient (Wildman–Crippen LogP) is 3.17. The molecule has 0 aliphatic rings. The van der Waals surface area contributed by atoms with Crippen molar-refractivity contribution in [3.05, 3.63) is 60.2 Å². The Labute approximate surface area is 178 Å². The van der Waals surface area contributed by atoms with E-state index in [0.717, 1.165) is 13.1 Å². The molecule has 0 fully saturated rings. The molecule has 0 radical (unpaired) electrons. The number of nitrogens with zero attached hydrogens (tertiary/aromatic N) is 2. The fourth-order valence-corrected chi connectivity index (χ4v) is 4.66. The van der Waals surface area contributed by atoms with E-state index >= 15 is 0 Å². The van der Waals surface area contributed by atoms with Gasteiger partial charge in [-0.3, -0.25) is 0 Å². The minimum Gasteiger partial charge on any atom is -0.357 e. The largest absolute Gasteiger partial charge is 0.357 e. The van der Waals surface area contributed by atoms with Gasteiger partial charge in [0.1, 0.15) is 0 Å². The molecule has 0 amide bonds. The summed E-state index contributed by atoms with van der Waals surface area (Å²) >= 11 is 1.80. The second kappa shape index (κ2) is 11.2. The first kappa shape index (κ1) is 23.3. The van der Waals surface area contributed by atoms with Crippen LogP contribution in [0, 0.1) is 0 Å². The third-order valence-electron chi connectivity index (χ3n) is 4.12. The zero-order valence-electron chi connectivity index (χ0n) is 17.4. The number of nitrogens with one attached hydrogen (secondary N) is 2. The van der Waals surface area contributed by atoms with Gasteiger partial charge in [-0.15, -0.1) is 11.8 Å². The molecule has 8 heteroatoms. The molecule has 2 rings (SSSR count). The van der Waals surface area contributed by atoms with Crippen molar-refractivity contribution in [2.75, 3.05) is 27.2 Å². The van der Waals surface area contributed by atoms with Crippen molar-refractivity contribution >= 4 is 27.7 Å². The number of hydrogen-bond acceptors (Lipinski definition) is 4. The Morgan fingerprint density at radius 2 is 1.72 bits per heavy atom.